The Morgan fingerprint density at radius 1 is 1.42 bits per heavy atom. The molecule has 0 N–H and O–H groups in total. The number of hydrogen-bond donors (Lipinski definition) is 0. The molecule has 104 valence electrons. The van der Waals surface area contributed by atoms with E-state index in [0.29, 0.717) is 30.4 Å². The van der Waals surface area contributed by atoms with Gasteiger partial charge in [0.1, 0.15) is 12.4 Å². The van der Waals surface area contributed by atoms with Crippen LogP contribution in [-0.2, 0) is 0 Å². The van der Waals surface area contributed by atoms with E-state index < -0.39 is 0 Å². The summed E-state index contributed by atoms with van der Waals surface area (Å²) in [5.74, 6) is 1.32. The first-order chi connectivity index (χ1) is 9.26. The van der Waals surface area contributed by atoms with Crippen molar-refractivity contribution in [2.24, 2.45) is 5.92 Å². The summed E-state index contributed by atoms with van der Waals surface area (Å²) in [5, 5.41) is 0.938. The van der Waals surface area contributed by atoms with Gasteiger partial charge in [-0.15, -0.1) is 0 Å². The fourth-order valence-electron chi connectivity index (χ4n) is 2.42. The third kappa shape index (κ3) is 3.50. The van der Waals surface area contributed by atoms with E-state index in [1.54, 1.807) is 0 Å². The molecule has 19 heavy (non-hydrogen) atoms. The van der Waals surface area contributed by atoms with Crippen LogP contribution in [0.25, 0.3) is 0 Å². The minimum atomic E-state index is 0.0927. The zero-order valence-corrected chi connectivity index (χ0v) is 12.9. The lowest BCUT2D eigenvalue weighted by molar-refractivity contribution is 0.0730. The van der Waals surface area contributed by atoms with Gasteiger partial charge in [-0.05, 0) is 24.5 Å². The quantitative estimate of drug-likeness (QED) is 0.777. The van der Waals surface area contributed by atoms with Crippen molar-refractivity contribution >= 4 is 21.8 Å². The Morgan fingerprint density at radius 3 is 2.95 bits per heavy atom. The van der Waals surface area contributed by atoms with Crippen LogP contribution in [0, 0.1) is 5.92 Å². The summed E-state index contributed by atoms with van der Waals surface area (Å²) in [6.45, 7) is 4.22. The number of halogens is 1. The number of carbonyl (C=O) groups is 1. The number of nitrogens with zero attached hydrogens (tertiary/aromatic N) is 1. The maximum atomic E-state index is 12.5. The molecule has 1 aliphatic rings. The third-order valence-electron chi connectivity index (χ3n) is 3.42. The van der Waals surface area contributed by atoms with Crippen molar-refractivity contribution in [3.05, 3.63) is 29.8 Å². The molecule has 0 fully saturated rings. The molecular weight excluding hydrogens is 306 g/mol. The molecule has 0 aromatic heterocycles. The molecule has 1 amide bonds. The van der Waals surface area contributed by atoms with Crippen LogP contribution in [-0.4, -0.2) is 35.8 Å². The lowest BCUT2D eigenvalue weighted by Crippen LogP contribution is -2.37. The summed E-state index contributed by atoms with van der Waals surface area (Å²) in [5.41, 5.74) is 0.685. The zero-order valence-electron chi connectivity index (χ0n) is 11.3. The minimum absolute atomic E-state index is 0.0927. The number of benzene rings is 1. The Bertz CT molecular complexity index is 436. The van der Waals surface area contributed by atoms with Crippen molar-refractivity contribution in [2.75, 3.05) is 25.0 Å². The van der Waals surface area contributed by atoms with Gasteiger partial charge in [0, 0.05) is 11.9 Å². The Balaban J connectivity index is 2.12. The minimum Gasteiger partial charge on any atom is -0.491 e. The van der Waals surface area contributed by atoms with Crippen molar-refractivity contribution in [1.82, 2.24) is 4.90 Å². The molecule has 4 heteroatoms. The summed E-state index contributed by atoms with van der Waals surface area (Å²) in [7, 11) is 0. The molecule has 2 rings (SSSR count). The van der Waals surface area contributed by atoms with E-state index in [9.17, 15) is 4.79 Å². The van der Waals surface area contributed by atoms with E-state index in [2.05, 4.69) is 22.9 Å². The van der Waals surface area contributed by atoms with E-state index in [0.717, 1.165) is 24.7 Å². The summed E-state index contributed by atoms with van der Waals surface area (Å²) >= 11 is 3.55. The lowest BCUT2D eigenvalue weighted by atomic mass is 10.0. The molecule has 3 nitrogen and oxygen atoms in total. The number of para-hydroxylation sites is 1. The number of fused-ring (bicyclic) bond motifs is 1. The molecule has 0 saturated carbocycles. The highest BCUT2D eigenvalue weighted by Gasteiger charge is 2.24. The number of carbonyl (C=O) groups excluding carboxylic acids is 1. The first-order valence-electron chi connectivity index (χ1n) is 6.83. The summed E-state index contributed by atoms with van der Waals surface area (Å²) in [6, 6.07) is 7.50. The predicted molar refractivity (Wildman–Crippen MR) is 80.0 cm³/mol. The Kier molecular flexibility index (Phi) is 5.25. The monoisotopic (exact) mass is 325 g/mol. The van der Waals surface area contributed by atoms with Gasteiger partial charge in [0.25, 0.3) is 5.91 Å². The summed E-state index contributed by atoms with van der Waals surface area (Å²) in [6.07, 6.45) is 2.28. The molecule has 0 radical (unpaired) electrons. The van der Waals surface area contributed by atoms with Gasteiger partial charge in [-0.3, -0.25) is 4.79 Å². The van der Waals surface area contributed by atoms with Gasteiger partial charge in [0.2, 0.25) is 0 Å². The molecule has 1 atom stereocenters. The van der Waals surface area contributed by atoms with Gasteiger partial charge in [0.15, 0.2) is 0 Å². The van der Waals surface area contributed by atoms with Crippen molar-refractivity contribution < 1.29 is 9.53 Å². The van der Waals surface area contributed by atoms with Crippen LogP contribution in [0.3, 0.4) is 0 Å². The lowest BCUT2D eigenvalue weighted by Gasteiger charge is -2.24. The van der Waals surface area contributed by atoms with Crippen LogP contribution in [0.5, 0.6) is 5.75 Å². The highest BCUT2D eigenvalue weighted by molar-refractivity contribution is 9.09. The SMILES string of the molecule is CCCC(CBr)CN1CCOc2ccccc2C1=O. The van der Waals surface area contributed by atoms with Crippen molar-refractivity contribution in [3.8, 4) is 5.75 Å². The smallest absolute Gasteiger partial charge is 0.257 e. The average molecular weight is 326 g/mol. The fraction of sp³-hybridized carbons (Fsp3) is 0.533. The van der Waals surface area contributed by atoms with Gasteiger partial charge in [-0.2, -0.15) is 0 Å². The molecule has 1 heterocycles. The van der Waals surface area contributed by atoms with Crippen LogP contribution in [0.1, 0.15) is 30.1 Å². The van der Waals surface area contributed by atoms with Gasteiger partial charge < -0.3 is 9.64 Å². The number of amides is 1. The molecule has 0 saturated heterocycles. The highest BCUT2D eigenvalue weighted by atomic mass is 79.9. The first-order valence-corrected chi connectivity index (χ1v) is 7.95. The zero-order chi connectivity index (χ0) is 13.7. The molecule has 0 aliphatic carbocycles. The predicted octanol–water partition coefficient (Wildman–Crippen LogP) is 3.33. The van der Waals surface area contributed by atoms with Crippen molar-refractivity contribution in [1.29, 1.82) is 0 Å². The Hall–Kier alpha value is -1.03. The normalized spacial score (nSPS) is 16.5. The van der Waals surface area contributed by atoms with Crippen molar-refractivity contribution in [3.63, 3.8) is 0 Å². The molecule has 1 aliphatic heterocycles. The van der Waals surface area contributed by atoms with Crippen LogP contribution < -0.4 is 4.74 Å². The summed E-state index contributed by atoms with van der Waals surface area (Å²) < 4.78 is 5.65. The van der Waals surface area contributed by atoms with E-state index in [-0.39, 0.29) is 5.91 Å². The molecule has 1 aromatic carbocycles. The number of hydrogen-bond acceptors (Lipinski definition) is 2. The first kappa shape index (κ1) is 14.4. The standard InChI is InChI=1S/C15H20BrNO2/c1-2-5-12(10-16)11-17-8-9-19-14-7-4-3-6-13(14)15(17)18/h3-4,6-7,12H,2,5,8-11H2,1H3. The van der Waals surface area contributed by atoms with Gasteiger partial charge in [0.05, 0.1) is 12.1 Å². The molecule has 0 bridgehead atoms. The van der Waals surface area contributed by atoms with Crippen LogP contribution in [0.4, 0.5) is 0 Å². The van der Waals surface area contributed by atoms with Gasteiger partial charge in [-0.25, -0.2) is 0 Å². The maximum Gasteiger partial charge on any atom is 0.257 e. The fourth-order valence-corrected chi connectivity index (χ4v) is 2.95. The summed E-state index contributed by atoms with van der Waals surface area (Å²) in [4.78, 5) is 14.4. The van der Waals surface area contributed by atoms with E-state index in [4.69, 9.17) is 4.74 Å². The van der Waals surface area contributed by atoms with Crippen LogP contribution in [0.2, 0.25) is 0 Å². The topological polar surface area (TPSA) is 29.5 Å². The largest absolute Gasteiger partial charge is 0.491 e. The highest BCUT2D eigenvalue weighted by Crippen LogP contribution is 2.23. The average Bonchev–Trinajstić information content (AvgIpc) is 2.59. The van der Waals surface area contributed by atoms with Gasteiger partial charge in [-0.1, -0.05) is 41.4 Å². The molecule has 0 spiro atoms. The second kappa shape index (κ2) is 6.94. The van der Waals surface area contributed by atoms with E-state index in [1.165, 1.54) is 0 Å². The third-order valence-corrected chi connectivity index (χ3v) is 4.33. The molecular formula is C15H20BrNO2. The Morgan fingerprint density at radius 2 is 2.21 bits per heavy atom. The second-order valence-corrected chi connectivity index (χ2v) is 5.55. The van der Waals surface area contributed by atoms with Crippen LogP contribution >= 0.6 is 15.9 Å². The second-order valence-electron chi connectivity index (χ2n) is 4.90. The number of rotatable bonds is 5. The van der Waals surface area contributed by atoms with Crippen LogP contribution in [0.15, 0.2) is 24.3 Å². The Labute approximate surface area is 123 Å². The maximum absolute atomic E-state index is 12.5. The molecule has 1 aromatic rings. The van der Waals surface area contributed by atoms with Crippen molar-refractivity contribution in [2.45, 2.75) is 19.8 Å². The molecule has 1 unspecified atom stereocenters. The van der Waals surface area contributed by atoms with E-state index >= 15 is 0 Å². The van der Waals surface area contributed by atoms with Gasteiger partial charge >= 0.3 is 0 Å². The number of ether oxygens (including phenoxy) is 1. The van der Waals surface area contributed by atoms with E-state index in [1.807, 2.05) is 29.2 Å². The number of alkyl halides is 1.